The van der Waals surface area contributed by atoms with Crippen LogP contribution in [0.5, 0.6) is 0 Å². The Balaban J connectivity index is 2.32. The fourth-order valence-corrected chi connectivity index (χ4v) is 1.66. The van der Waals surface area contributed by atoms with Crippen molar-refractivity contribution >= 4 is 0 Å². The second-order valence-electron chi connectivity index (χ2n) is 4.50. The quantitative estimate of drug-likeness (QED) is 0.591. The minimum absolute atomic E-state index is 0.616. The lowest BCUT2D eigenvalue weighted by Crippen LogP contribution is -2.19. The summed E-state index contributed by atoms with van der Waals surface area (Å²) in [6, 6.07) is 4.11. The molecule has 0 atom stereocenters. The first-order valence-corrected chi connectivity index (χ1v) is 6.04. The first kappa shape index (κ1) is 14.5. The van der Waals surface area contributed by atoms with E-state index < -0.39 is 0 Å². The van der Waals surface area contributed by atoms with Crippen LogP contribution in [0.3, 0.4) is 0 Å². The molecule has 1 N–H and O–H groups in total. The minimum atomic E-state index is 0.616. The fraction of sp³-hybridized carbons (Fsp3) is 0.500. The molecule has 0 radical (unpaired) electrons. The summed E-state index contributed by atoms with van der Waals surface area (Å²) in [7, 11) is 1.91. The molecule has 0 unspecified atom stereocenters. The molecule has 1 heterocycles. The molecule has 0 aliphatic rings. The van der Waals surface area contributed by atoms with Gasteiger partial charge in [0, 0.05) is 25.8 Å². The van der Waals surface area contributed by atoms with Gasteiger partial charge >= 0.3 is 0 Å². The average Bonchev–Trinajstić information content (AvgIpc) is 2.60. The predicted molar refractivity (Wildman–Crippen MR) is 72.2 cm³/mol. The monoisotopic (exact) mass is 247 g/mol. The highest BCUT2D eigenvalue weighted by Crippen LogP contribution is 2.12. The number of hydrogen-bond donors (Lipinski definition) is 1. The van der Waals surface area contributed by atoms with E-state index in [0.717, 1.165) is 29.9 Å². The summed E-state index contributed by atoms with van der Waals surface area (Å²) in [6.45, 7) is 10.6. The van der Waals surface area contributed by atoms with E-state index in [0.29, 0.717) is 18.9 Å². The van der Waals surface area contributed by atoms with Gasteiger partial charge < -0.3 is 14.6 Å². The third-order valence-corrected chi connectivity index (χ3v) is 2.84. The summed E-state index contributed by atoms with van der Waals surface area (Å²) in [5.74, 6) is 0. The van der Waals surface area contributed by atoms with Crippen LogP contribution in [0.25, 0.3) is 0 Å². The molecule has 4 nitrogen and oxygen atoms in total. The van der Waals surface area contributed by atoms with Crippen LogP contribution in [0.2, 0.25) is 0 Å². The molecule has 4 heteroatoms. The zero-order chi connectivity index (χ0) is 13.5. The highest BCUT2D eigenvalue weighted by atomic mass is 16.5. The van der Waals surface area contributed by atoms with E-state index >= 15 is 0 Å². The minimum Gasteiger partial charge on any atom is -0.376 e. The number of aromatic nitrogens is 1. The highest BCUT2D eigenvalue weighted by Gasteiger charge is 2.07. The lowest BCUT2D eigenvalue weighted by Gasteiger charge is -2.06. The Morgan fingerprint density at radius 2 is 2.33 bits per heavy atom. The molecule has 1 rings (SSSR count). The lowest BCUT2D eigenvalue weighted by atomic mass is 10.2. The van der Waals surface area contributed by atoms with E-state index in [1.54, 1.807) is 0 Å². The van der Waals surface area contributed by atoms with Gasteiger partial charge in [-0.1, -0.05) is 12.2 Å². The topological polar surface area (TPSA) is 50.0 Å². The van der Waals surface area contributed by atoms with Crippen molar-refractivity contribution in [2.45, 2.75) is 20.4 Å². The van der Waals surface area contributed by atoms with Crippen LogP contribution < -0.4 is 5.32 Å². The Morgan fingerprint density at radius 3 is 2.89 bits per heavy atom. The fourth-order valence-electron chi connectivity index (χ4n) is 1.66. The van der Waals surface area contributed by atoms with Crippen molar-refractivity contribution in [2.24, 2.45) is 7.05 Å². The van der Waals surface area contributed by atoms with Gasteiger partial charge in [0.2, 0.25) is 0 Å². The van der Waals surface area contributed by atoms with E-state index in [-0.39, 0.29) is 0 Å². The molecule has 0 bridgehead atoms. The summed E-state index contributed by atoms with van der Waals surface area (Å²) >= 11 is 0. The van der Waals surface area contributed by atoms with Crippen LogP contribution >= 0.6 is 0 Å². The maximum absolute atomic E-state index is 8.93. The number of ether oxygens (including phenoxy) is 1. The van der Waals surface area contributed by atoms with Gasteiger partial charge in [0.15, 0.2) is 0 Å². The molecule has 0 aliphatic heterocycles. The number of hydrogen-bond acceptors (Lipinski definition) is 3. The summed E-state index contributed by atoms with van der Waals surface area (Å²) in [6.07, 6.45) is 0. The molecule has 1 aromatic heterocycles. The van der Waals surface area contributed by atoms with Crippen molar-refractivity contribution in [2.75, 3.05) is 19.8 Å². The molecule has 0 saturated heterocycles. The third kappa shape index (κ3) is 4.02. The Labute approximate surface area is 109 Å². The van der Waals surface area contributed by atoms with Crippen LogP contribution in [0.1, 0.15) is 23.9 Å². The van der Waals surface area contributed by atoms with Crippen LogP contribution in [-0.2, 0) is 18.3 Å². The average molecular weight is 247 g/mol. The van der Waals surface area contributed by atoms with Gasteiger partial charge in [-0.05, 0) is 25.5 Å². The molecule has 0 aliphatic carbocycles. The predicted octanol–water partition coefficient (Wildman–Crippen LogP) is 1.89. The molecule has 0 amide bonds. The first-order chi connectivity index (χ1) is 8.56. The second-order valence-corrected chi connectivity index (χ2v) is 4.50. The molecular formula is C14H21N3O. The summed E-state index contributed by atoms with van der Waals surface area (Å²) in [5, 5.41) is 12.2. The SMILES string of the molecule is C=C(C)COCCNCc1cc(C#N)n(C)c1C. The van der Waals surface area contributed by atoms with Gasteiger partial charge in [0.25, 0.3) is 0 Å². The molecule has 1 aromatic rings. The Hall–Kier alpha value is -1.57. The number of nitrogens with one attached hydrogen (secondary N) is 1. The van der Waals surface area contributed by atoms with Crippen LogP contribution in [-0.4, -0.2) is 24.3 Å². The summed E-state index contributed by atoms with van der Waals surface area (Å²) in [5.41, 5.74) is 4.02. The maximum Gasteiger partial charge on any atom is 0.120 e. The second kappa shape index (κ2) is 7.00. The number of nitriles is 1. The highest BCUT2D eigenvalue weighted by molar-refractivity contribution is 5.33. The first-order valence-electron chi connectivity index (χ1n) is 6.04. The molecule has 18 heavy (non-hydrogen) atoms. The van der Waals surface area contributed by atoms with Gasteiger partial charge in [-0.2, -0.15) is 5.26 Å². The van der Waals surface area contributed by atoms with Gasteiger partial charge in [0.05, 0.1) is 13.2 Å². The van der Waals surface area contributed by atoms with Crippen molar-refractivity contribution in [1.82, 2.24) is 9.88 Å². The molecule has 0 saturated carbocycles. The Bertz CT molecular complexity index is 454. The van der Waals surface area contributed by atoms with Gasteiger partial charge in [-0.3, -0.25) is 0 Å². The molecule has 0 fully saturated rings. The van der Waals surface area contributed by atoms with Gasteiger partial charge in [-0.15, -0.1) is 0 Å². The standard InChI is InChI=1S/C14H21N3O/c1-11(2)10-18-6-5-16-9-13-7-14(8-15)17(4)12(13)3/h7,16H,1,5-6,9-10H2,2-4H3. The summed E-state index contributed by atoms with van der Waals surface area (Å²) in [4.78, 5) is 0. The largest absolute Gasteiger partial charge is 0.376 e. The van der Waals surface area contributed by atoms with E-state index in [9.17, 15) is 0 Å². The van der Waals surface area contributed by atoms with Crippen molar-refractivity contribution < 1.29 is 4.74 Å². The smallest absolute Gasteiger partial charge is 0.120 e. The van der Waals surface area contributed by atoms with Crippen LogP contribution in [0.4, 0.5) is 0 Å². The van der Waals surface area contributed by atoms with E-state index in [1.807, 2.05) is 31.5 Å². The van der Waals surface area contributed by atoms with Crippen molar-refractivity contribution in [1.29, 1.82) is 5.26 Å². The van der Waals surface area contributed by atoms with E-state index in [2.05, 4.69) is 18.0 Å². The Morgan fingerprint density at radius 1 is 1.61 bits per heavy atom. The van der Waals surface area contributed by atoms with E-state index in [4.69, 9.17) is 10.00 Å². The molecule has 0 spiro atoms. The van der Waals surface area contributed by atoms with Crippen LogP contribution in [0, 0.1) is 18.3 Å². The number of nitrogens with zero attached hydrogens (tertiary/aromatic N) is 2. The molecular weight excluding hydrogens is 226 g/mol. The normalized spacial score (nSPS) is 10.3. The van der Waals surface area contributed by atoms with E-state index in [1.165, 1.54) is 0 Å². The summed E-state index contributed by atoms with van der Waals surface area (Å²) < 4.78 is 7.31. The lowest BCUT2D eigenvalue weighted by molar-refractivity contribution is 0.157. The van der Waals surface area contributed by atoms with Crippen molar-refractivity contribution in [3.63, 3.8) is 0 Å². The van der Waals surface area contributed by atoms with Crippen molar-refractivity contribution in [3.8, 4) is 6.07 Å². The Kier molecular flexibility index (Phi) is 5.63. The molecule has 98 valence electrons. The zero-order valence-corrected chi connectivity index (χ0v) is 11.4. The number of rotatable bonds is 7. The molecule has 0 aromatic carbocycles. The zero-order valence-electron chi connectivity index (χ0n) is 11.4. The third-order valence-electron chi connectivity index (χ3n) is 2.84. The van der Waals surface area contributed by atoms with Crippen molar-refractivity contribution in [3.05, 3.63) is 35.2 Å². The maximum atomic E-state index is 8.93. The van der Waals surface area contributed by atoms with Crippen LogP contribution in [0.15, 0.2) is 18.2 Å². The van der Waals surface area contributed by atoms with Gasteiger partial charge in [0.1, 0.15) is 11.8 Å². The van der Waals surface area contributed by atoms with Gasteiger partial charge in [-0.25, -0.2) is 0 Å².